The van der Waals surface area contributed by atoms with E-state index < -0.39 is 11.9 Å². The normalized spacial score (nSPS) is 12.4. The summed E-state index contributed by atoms with van der Waals surface area (Å²) in [7, 11) is 0. The summed E-state index contributed by atoms with van der Waals surface area (Å²) in [6.45, 7) is 4.14. The fourth-order valence-electron chi connectivity index (χ4n) is 1.39. The molecule has 1 rings (SSSR count). The Morgan fingerprint density at radius 3 is 2.73 bits per heavy atom. The van der Waals surface area contributed by atoms with Gasteiger partial charge in [-0.25, -0.2) is 0 Å². The van der Waals surface area contributed by atoms with Crippen LogP contribution in [0.1, 0.15) is 19.4 Å². The number of carbonyl (C=O) groups is 1. The van der Waals surface area contributed by atoms with Crippen molar-refractivity contribution in [3.63, 3.8) is 0 Å². The van der Waals surface area contributed by atoms with E-state index in [2.05, 4.69) is 0 Å². The molecule has 1 unspecified atom stereocenters. The highest BCUT2D eigenvalue weighted by Gasteiger charge is 2.11. The van der Waals surface area contributed by atoms with Crippen LogP contribution >= 0.6 is 0 Å². The first-order chi connectivity index (χ1) is 7.04. The number of pyridine rings is 1. The second kappa shape index (κ2) is 4.77. The molecule has 82 valence electrons. The van der Waals surface area contributed by atoms with Crippen LogP contribution in [0.5, 0.6) is 0 Å². The molecule has 1 aromatic heterocycles. The second-order valence-electron chi connectivity index (χ2n) is 3.61. The lowest BCUT2D eigenvalue weighted by Gasteiger charge is -2.08. The SMILES string of the molecule is CCn1cc(CC(C)C(=O)O)ccc1=O. The van der Waals surface area contributed by atoms with E-state index in [1.54, 1.807) is 23.8 Å². The van der Waals surface area contributed by atoms with Crippen LogP contribution in [0, 0.1) is 5.92 Å². The summed E-state index contributed by atoms with van der Waals surface area (Å²) in [5, 5.41) is 8.76. The zero-order valence-corrected chi connectivity index (χ0v) is 8.93. The van der Waals surface area contributed by atoms with Crippen LogP contribution < -0.4 is 5.56 Å². The third-order valence-electron chi connectivity index (χ3n) is 2.35. The molecule has 0 aliphatic rings. The van der Waals surface area contributed by atoms with E-state index in [0.29, 0.717) is 13.0 Å². The number of rotatable bonds is 4. The van der Waals surface area contributed by atoms with Crippen molar-refractivity contribution in [3.8, 4) is 0 Å². The number of aliphatic carboxylic acids is 1. The van der Waals surface area contributed by atoms with Crippen LogP contribution in [0.25, 0.3) is 0 Å². The summed E-state index contributed by atoms with van der Waals surface area (Å²) in [4.78, 5) is 21.9. The summed E-state index contributed by atoms with van der Waals surface area (Å²) >= 11 is 0. The molecule has 4 heteroatoms. The van der Waals surface area contributed by atoms with Gasteiger partial charge >= 0.3 is 5.97 Å². The number of aromatic nitrogens is 1. The maximum Gasteiger partial charge on any atom is 0.306 e. The van der Waals surface area contributed by atoms with E-state index in [4.69, 9.17) is 5.11 Å². The predicted octanol–water partition coefficient (Wildman–Crippen LogP) is 1.13. The van der Waals surface area contributed by atoms with Gasteiger partial charge in [-0.1, -0.05) is 13.0 Å². The van der Waals surface area contributed by atoms with Crippen LogP contribution in [0.15, 0.2) is 23.1 Å². The van der Waals surface area contributed by atoms with Crippen LogP contribution in [-0.4, -0.2) is 15.6 Å². The lowest BCUT2D eigenvalue weighted by molar-refractivity contribution is -0.141. The van der Waals surface area contributed by atoms with Gasteiger partial charge in [0.05, 0.1) is 5.92 Å². The summed E-state index contributed by atoms with van der Waals surface area (Å²) in [5.41, 5.74) is 0.829. The van der Waals surface area contributed by atoms with Gasteiger partial charge in [0.1, 0.15) is 0 Å². The van der Waals surface area contributed by atoms with Crippen LogP contribution in [0.4, 0.5) is 0 Å². The Bertz CT molecular complexity index is 409. The first-order valence-corrected chi connectivity index (χ1v) is 4.96. The number of nitrogens with zero attached hydrogens (tertiary/aromatic N) is 1. The van der Waals surface area contributed by atoms with Crippen molar-refractivity contribution in [2.24, 2.45) is 5.92 Å². The minimum absolute atomic E-state index is 0.0516. The summed E-state index contributed by atoms with van der Waals surface area (Å²) in [6, 6.07) is 3.17. The van der Waals surface area contributed by atoms with Gasteiger partial charge in [-0.2, -0.15) is 0 Å². The third-order valence-corrected chi connectivity index (χ3v) is 2.35. The maximum atomic E-state index is 11.3. The largest absolute Gasteiger partial charge is 0.481 e. The quantitative estimate of drug-likeness (QED) is 0.808. The van der Waals surface area contributed by atoms with Gasteiger partial charge in [-0.15, -0.1) is 0 Å². The number of carboxylic acid groups (broad SMARTS) is 1. The third kappa shape index (κ3) is 2.94. The molecule has 0 aliphatic carbocycles. The number of hydrogen-bond acceptors (Lipinski definition) is 2. The minimum atomic E-state index is -0.816. The van der Waals surface area contributed by atoms with Crippen LogP contribution in [-0.2, 0) is 17.8 Å². The zero-order valence-electron chi connectivity index (χ0n) is 8.93. The van der Waals surface area contributed by atoms with E-state index in [9.17, 15) is 9.59 Å². The lowest BCUT2D eigenvalue weighted by atomic mass is 10.0. The molecule has 4 nitrogen and oxygen atoms in total. The Morgan fingerprint density at radius 2 is 2.20 bits per heavy atom. The summed E-state index contributed by atoms with van der Waals surface area (Å²) in [6.07, 6.45) is 2.18. The van der Waals surface area contributed by atoms with Crippen molar-refractivity contribution in [1.82, 2.24) is 4.57 Å². The van der Waals surface area contributed by atoms with Crippen LogP contribution in [0.2, 0.25) is 0 Å². The second-order valence-corrected chi connectivity index (χ2v) is 3.61. The van der Waals surface area contributed by atoms with Gasteiger partial charge < -0.3 is 9.67 Å². The van der Waals surface area contributed by atoms with Gasteiger partial charge in [0.15, 0.2) is 0 Å². The molecular weight excluding hydrogens is 194 g/mol. The van der Waals surface area contributed by atoms with Gasteiger partial charge in [-0.3, -0.25) is 9.59 Å². The topological polar surface area (TPSA) is 59.3 Å². The monoisotopic (exact) mass is 209 g/mol. The molecule has 0 aliphatic heterocycles. The molecule has 0 saturated carbocycles. The maximum absolute atomic E-state index is 11.3. The molecule has 0 amide bonds. The van der Waals surface area contributed by atoms with E-state index in [1.165, 1.54) is 6.07 Å². The van der Waals surface area contributed by atoms with E-state index in [1.807, 2.05) is 6.92 Å². The van der Waals surface area contributed by atoms with Crippen molar-refractivity contribution in [3.05, 3.63) is 34.2 Å². The molecular formula is C11H15NO3. The lowest BCUT2D eigenvalue weighted by Crippen LogP contribution is -2.19. The Hall–Kier alpha value is -1.58. The van der Waals surface area contributed by atoms with Gasteiger partial charge in [-0.05, 0) is 18.9 Å². The highest BCUT2D eigenvalue weighted by atomic mass is 16.4. The molecule has 1 heterocycles. The average Bonchev–Trinajstić information content (AvgIpc) is 2.20. The molecule has 1 aromatic rings. The van der Waals surface area contributed by atoms with Crippen molar-refractivity contribution in [1.29, 1.82) is 0 Å². The average molecular weight is 209 g/mol. The van der Waals surface area contributed by atoms with Crippen molar-refractivity contribution in [2.75, 3.05) is 0 Å². The Morgan fingerprint density at radius 1 is 1.53 bits per heavy atom. The zero-order chi connectivity index (χ0) is 11.4. The number of carboxylic acids is 1. The Balaban J connectivity index is 2.87. The van der Waals surface area contributed by atoms with Crippen molar-refractivity contribution < 1.29 is 9.90 Å². The van der Waals surface area contributed by atoms with Gasteiger partial charge in [0.2, 0.25) is 0 Å². The van der Waals surface area contributed by atoms with Crippen LogP contribution in [0.3, 0.4) is 0 Å². The molecule has 0 bridgehead atoms. The smallest absolute Gasteiger partial charge is 0.306 e. The molecule has 15 heavy (non-hydrogen) atoms. The molecule has 1 atom stereocenters. The van der Waals surface area contributed by atoms with Gasteiger partial charge in [0.25, 0.3) is 5.56 Å². The van der Waals surface area contributed by atoms with E-state index in [-0.39, 0.29) is 5.56 Å². The molecule has 0 aromatic carbocycles. The summed E-state index contributed by atoms with van der Waals surface area (Å²) in [5.74, 6) is -1.24. The fraction of sp³-hybridized carbons (Fsp3) is 0.455. The highest BCUT2D eigenvalue weighted by molar-refractivity contribution is 5.69. The molecule has 0 radical (unpaired) electrons. The van der Waals surface area contributed by atoms with E-state index in [0.717, 1.165) is 5.56 Å². The van der Waals surface area contributed by atoms with E-state index >= 15 is 0 Å². The Kier molecular flexibility index (Phi) is 3.66. The molecule has 0 spiro atoms. The van der Waals surface area contributed by atoms with Gasteiger partial charge in [0, 0.05) is 18.8 Å². The number of hydrogen-bond donors (Lipinski definition) is 1. The summed E-state index contributed by atoms with van der Waals surface area (Å²) < 4.78 is 1.57. The van der Waals surface area contributed by atoms with Crippen molar-refractivity contribution >= 4 is 5.97 Å². The van der Waals surface area contributed by atoms with Crippen molar-refractivity contribution in [2.45, 2.75) is 26.8 Å². The highest BCUT2D eigenvalue weighted by Crippen LogP contribution is 2.06. The number of aryl methyl sites for hydroxylation is 1. The fourth-order valence-corrected chi connectivity index (χ4v) is 1.39. The minimum Gasteiger partial charge on any atom is -0.481 e. The molecule has 1 N–H and O–H groups in total. The first kappa shape index (κ1) is 11.5. The Labute approximate surface area is 88.2 Å². The predicted molar refractivity (Wildman–Crippen MR) is 56.9 cm³/mol. The standard InChI is InChI=1S/C11H15NO3/c1-3-12-7-9(4-5-10(12)13)6-8(2)11(14)15/h4-5,7-8H,3,6H2,1-2H3,(H,14,15). The first-order valence-electron chi connectivity index (χ1n) is 4.96. The molecule has 0 saturated heterocycles. The molecule has 0 fully saturated rings.